The van der Waals surface area contributed by atoms with E-state index in [2.05, 4.69) is 68.6 Å². The number of amides is 2. The minimum atomic E-state index is -0.459. The van der Waals surface area contributed by atoms with Gasteiger partial charge in [0.15, 0.2) is 0 Å². The molecule has 2 atom stereocenters. The van der Waals surface area contributed by atoms with E-state index in [0.717, 1.165) is 28.1 Å². The van der Waals surface area contributed by atoms with E-state index in [1.165, 1.54) is 28.5 Å². The summed E-state index contributed by atoms with van der Waals surface area (Å²) >= 11 is 1.50. The average Bonchev–Trinajstić information content (AvgIpc) is 2.83. The lowest BCUT2D eigenvalue weighted by Crippen LogP contribution is -2.47. The fraction of sp³-hybridized carbons (Fsp3) is 0.310. The quantitative estimate of drug-likeness (QED) is 0.486. The highest BCUT2D eigenvalue weighted by molar-refractivity contribution is 8.01. The zero-order valence-electron chi connectivity index (χ0n) is 20.3. The molecular formula is C29H32N2O2S. The number of anilines is 1. The van der Waals surface area contributed by atoms with Crippen molar-refractivity contribution < 1.29 is 9.59 Å². The van der Waals surface area contributed by atoms with Gasteiger partial charge in [0.1, 0.15) is 5.25 Å². The second-order valence-corrected chi connectivity index (χ2v) is 10.4. The van der Waals surface area contributed by atoms with Gasteiger partial charge in [0.2, 0.25) is 11.8 Å². The largest absolute Gasteiger partial charge is 0.355 e. The van der Waals surface area contributed by atoms with Crippen molar-refractivity contribution in [2.24, 2.45) is 5.92 Å². The van der Waals surface area contributed by atoms with Gasteiger partial charge in [-0.1, -0.05) is 72.6 Å². The SMILES string of the molecule is Cc1ccc(CCNC(=O)[C@@H](C)[C@@H]2Sc3ccccc3N(Cc3cc(C)ccc3C)C2=O)cc1. The Kier molecular flexibility index (Phi) is 7.42. The minimum absolute atomic E-state index is 0.00853. The second kappa shape index (κ2) is 10.5. The lowest BCUT2D eigenvalue weighted by Gasteiger charge is -2.36. The molecule has 176 valence electrons. The number of nitrogens with zero attached hydrogens (tertiary/aromatic N) is 1. The fourth-order valence-corrected chi connectivity index (χ4v) is 5.53. The Labute approximate surface area is 206 Å². The highest BCUT2D eigenvalue weighted by Gasteiger charge is 2.39. The van der Waals surface area contributed by atoms with E-state index < -0.39 is 11.2 Å². The Morgan fingerprint density at radius 1 is 1.00 bits per heavy atom. The molecule has 1 N–H and O–H groups in total. The van der Waals surface area contributed by atoms with Crippen LogP contribution in [-0.2, 0) is 22.6 Å². The van der Waals surface area contributed by atoms with Crippen LogP contribution in [0.5, 0.6) is 0 Å². The van der Waals surface area contributed by atoms with Crippen molar-refractivity contribution in [1.29, 1.82) is 0 Å². The number of carbonyl (C=O) groups is 2. The van der Waals surface area contributed by atoms with Crippen LogP contribution in [0.4, 0.5) is 5.69 Å². The van der Waals surface area contributed by atoms with Crippen molar-refractivity contribution in [3.8, 4) is 0 Å². The Morgan fingerprint density at radius 2 is 1.71 bits per heavy atom. The van der Waals surface area contributed by atoms with E-state index in [4.69, 9.17) is 0 Å². The molecule has 0 fully saturated rings. The molecule has 0 saturated heterocycles. The average molecular weight is 473 g/mol. The number of rotatable bonds is 7. The third-order valence-electron chi connectivity index (χ3n) is 6.45. The third-order valence-corrected chi connectivity index (χ3v) is 7.92. The highest BCUT2D eigenvalue weighted by Crippen LogP contribution is 2.42. The van der Waals surface area contributed by atoms with Gasteiger partial charge < -0.3 is 10.2 Å². The summed E-state index contributed by atoms with van der Waals surface area (Å²) in [5.41, 5.74) is 6.79. The maximum absolute atomic E-state index is 13.7. The number of fused-ring (bicyclic) bond motifs is 1. The molecule has 0 spiro atoms. The zero-order chi connectivity index (χ0) is 24.2. The maximum atomic E-state index is 13.7. The van der Waals surface area contributed by atoms with E-state index in [9.17, 15) is 9.59 Å². The maximum Gasteiger partial charge on any atom is 0.241 e. The Balaban J connectivity index is 1.49. The Bertz CT molecular complexity index is 1190. The number of benzene rings is 3. The number of hydrogen-bond acceptors (Lipinski definition) is 3. The van der Waals surface area contributed by atoms with Crippen LogP contribution in [0.3, 0.4) is 0 Å². The number of aryl methyl sites for hydroxylation is 3. The first kappa shape index (κ1) is 24.1. The molecule has 3 aromatic rings. The van der Waals surface area contributed by atoms with Gasteiger partial charge in [0.05, 0.1) is 18.2 Å². The van der Waals surface area contributed by atoms with E-state index in [-0.39, 0.29) is 11.8 Å². The molecule has 5 heteroatoms. The first-order valence-corrected chi connectivity index (χ1v) is 12.7. The predicted octanol–water partition coefficient (Wildman–Crippen LogP) is 5.61. The summed E-state index contributed by atoms with van der Waals surface area (Å²) in [5, 5.41) is 2.59. The standard InChI is InChI=1S/C29H32N2O2S/c1-19-10-13-23(14-11-19)15-16-30-28(32)22(4)27-29(33)31(25-7-5-6-8-26(25)34-27)18-24-17-20(2)9-12-21(24)3/h5-14,17,22,27H,15-16,18H2,1-4H3,(H,30,32)/t22-,27-/m0/s1. The van der Waals surface area contributed by atoms with Gasteiger partial charge in [0, 0.05) is 11.4 Å². The van der Waals surface area contributed by atoms with E-state index >= 15 is 0 Å². The van der Waals surface area contributed by atoms with E-state index in [1.807, 2.05) is 36.1 Å². The molecule has 1 heterocycles. The molecule has 4 nitrogen and oxygen atoms in total. The van der Waals surface area contributed by atoms with Crippen molar-refractivity contribution in [3.63, 3.8) is 0 Å². The molecule has 1 aliphatic heterocycles. The molecule has 0 unspecified atom stereocenters. The van der Waals surface area contributed by atoms with Crippen LogP contribution in [0.1, 0.15) is 34.7 Å². The summed E-state index contributed by atoms with van der Waals surface area (Å²) in [6.45, 7) is 9.12. The van der Waals surface area contributed by atoms with E-state index in [1.54, 1.807) is 0 Å². The molecule has 4 rings (SSSR count). The fourth-order valence-electron chi connectivity index (χ4n) is 4.24. The lowest BCUT2D eigenvalue weighted by atomic mass is 10.0. The van der Waals surface area contributed by atoms with Gasteiger partial charge in [-0.15, -0.1) is 11.8 Å². The monoisotopic (exact) mass is 472 g/mol. The molecule has 0 bridgehead atoms. The second-order valence-electron chi connectivity index (χ2n) is 9.18. The number of para-hydroxylation sites is 1. The summed E-state index contributed by atoms with van der Waals surface area (Å²) in [6.07, 6.45) is 0.770. The van der Waals surface area contributed by atoms with Crippen molar-refractivity contribution in [2.45, 2.75) is 50.8 Å². The summed E-state index contributed by atoms with van der Waals surface area (Å²) in [4.78, 5) is 29.6. The van der Waals surface area contributed by atoms with Crippen molar-refractivity contribution in [2.75, 3.05) is 11.4 Å². The van der Waals surface area contributed by atoms with Crippen molar-refractivity contribution in [1.82, 2.24) is 5.32 Å². The third kappa shape index (κ3) is 5.36. The topological polar surface area (TPSA) is 49.4 Å². The highest BCUT2D eigenvalue weighted by atomic mass is 32.2. The Morgan fingerprint density at radius 3 is 2.47 bits per heavy atom. The predicted molar refractivity (Wildman–Crippen MR) is 140 cm³/mol. The smallest absolute Gasteiger partial charge is 0.241 e. The van der Waals surface area contributed by atoms with Gasteiger partial charge in [-0.2, -0.15) is 0 Å². The molecule has 0 saturated carbocycles. The number of thioether (sulfide) groups is 1. The van der Waals surface area contributed by atoms with Crippen LogP contribution >= 0.6 is 11.8 Å². The normalized spacial score (nSPS) is 16.2. The van der Waals surface area contributed by atoms with Crippen LogP contribution in [-0.4, -0.2) is 23.6 Å². The summed E-state index contributed by atoms with van der Waals surface area (Å²) in [7, 11) is 0. The van der Waals surface area contributed by atoms with Crippen LogP contribution < -0.4 is 10.2 Å². The van der Waals surface area contributed by atoms with Gasteiger partial charge >= 0.3 is 0 Å². The van der Waals surface area contributed by atoms with Gasteiger partial charge in [0.25, 0.3) is 0 Å². The summed E-state index contributed by atoms with van der Waals surface area (Å²) in [5.74, 6) is -0.528. The Hall–Kier alpha value is -3.05. The molecule has 0 radical (unpaired) electrons. The first-order valence-electron chi connectivity index (χ1n) is 11.8. The van der Waals surface area contributed by atoms with Crippen LogP contribution in [0, 0.1) is 26.7 Å². The summed E-state index contributed by atoms with van der Waals surface area (Å²) in [6, 6.07) is 22.7. The molecule has 34 heavy (non-hydrogen) atoms. The van der Waals surface area contributed by atoms with Gasteiger partial charge in [-0.05, 0) is 56.0 Å². The number of hydrogen-bond donors (Lipinski definition) is 1. The number of nitrogens with one attached hydrogen (secondary N) is 1. The first-order chi connectivity index (χ1) is 16.3. The van der Waals surface area contributed by atoms with Crippen molar-refractivity contribution >= 4 is 29.3 Å². The van der Waals surface area contributed by atoms with Crippen LogP contribution in [0.15, 0.2) is 71.6 Å². The molecule has 3 aromatic carbocycles. The van der Waals surface area contributed by atoms with Crippen molar-refractivity contribution in [3.05, 3.63) is 94.5 Å². The molecular weight excluding hydrogens is 440 g/mol. The molecule has 1 aliphatic rings. The molecule has 2 amide bonds. The number of carbonyl (C=O) groups excluding carboxylic acids is 2. The summed E-state index contributed by atoms with van der Waals surface area (Å²) < 4.78 is 0. The lowest BCUT2D eigenvalue weighted by molar-refractivity contribution is -0.128. The van der Waals surface area contributed by atoms with Gasteiger partial charge in [-0.25, -0.2) is 0 Å². The zero-order valence-corrected chi connectivity index (χ0v) is 21.1. The van der Waals surface area contributed by atoms with Gasteiger partial charge in [-0.3, -0.25) is 9.59 Å². The van der Waals surface area contributed by atoms with E-state index in [0.29, 0.717) is 13.1 Å². The molecule has 0 aliphatic carbocycles. The molecule has 0 aromatic heterocycles. The van der Waals surface area contributed by atoms with Crippen LogP contribution in [0.2, 0.25) is 0 Å². The van der Waals surface area contributed by atoms with Crippen LogP contribution in [0.25, 0.3) is 0 Å². The minimum Gasteiger partial charge on any atom is -0.355 e.